The molecule has 0 aromatic heterocycles. The third-order valence-electron chi connectivity index (χ3n) is 4.72. The fourth-order valence-corrected chi connectivity index (χ4v) is 4.50. The fourth-order valence-electron chi connectivity index (χ4n) is 3.44. The second kappa shape index (κ2) is 5.55. The van der Waals surface area contributed by atoms with Crippen molar-refractivity contribution >= 4 is 27.2 Å². The van der Waals surface area contributed by atoms with E-state index >= 15 is 0 Å². The van der Waals surface area contributed by atoms with Crippen LogP contribution in [-0.2, 0) is 5.41 Å². The Hall–Kier alpha value is -1.94. The Morgan fingerprint density at radius 1 is 1.08 bits per heavy atom. The van der Waals surface area contributed by atoms with Gasteiger partial charge in [0.05, 0.1) is 20.8 Å². The maximum atomic E-state index is 12.1. The van der Waals surface area contributed by atoms with Gasteiger partial charge >= 0.3 is 0 Å². The summed E-state index contributed by atoms with van der Waals surface area (Å²) >= 11 is 1.68. The summed E-state index contributed by atoms with van der Waals surface area (Å²) in [5.74, 6) is 0. The molecule has 2 aliphatic heterocycles. The number of benzene rings is 2. The van der Waals surface area contributed by atoms with E-state index in [2.05, 4.69) is 43.9 Å². The molecular weight excluding hydrogens is 316 g/mol. The third kappa shape index (κ3) is 2.69. The van der Waals surface area contributed by atoms with Crippen LogP contribution in [0.4, 0.5) is 5.69 Å². The monoisotopic (exact) mass is 338 g/mol. The highest BCUT2D eigenvalue weighted by molar-refractivity contribution is 7.21. The summed E-state index contributed by atoms with van der Waals surface area (Å²) < 4.78 is 1.15. The van der Waals surface area contributed by atoms with Crippen LogP contribution in [0.25, 0.3) is 20.8 Å². The number of rotatable bonds is 1. The van der Waals surface area contributed by atoms with Crippen molar-refractivity contribution in [2.24, 2.45) is 0 Å². The Balaban J connectivity index is 1.94. The molecule has 0 amide bonds. The maximum absolute atomic E-state index is 12.1. The predicted molar refractivity (Wildman–Crippen MR) is 103 cm³/mol. The average molecular weight is 338 g/mol. The first-order valence-corrected chi connectivity index (χ1v) is 9.37. The van der Waals surface area contributed by atoms with Gasteiger partial charge in [-0.2, -0.15) is 0 Å². The molecule has 1 aromatic rings. The maximum Gasteiger partial charge on any atom is 0.180 e. The topological polar surface area (TPSA) is 33.2 Å². The number of fused-ring (bicyclic) bond motifs is 2. The zero-order valence-electron chi connectivity index (χ0n) is 14.4. The number of aromatic nitrogens is 1. The second-order valence-corrected chi connectivity index (χ2v) is 8.71. The molecule has 0 N–H and O–H groups in total. The molecule has 24 heavy (non-hydrogen) atoms. The van der Waals surface area contributed by atoms with Gasteiger partial charge in [0.25, 0.3) is 0 Å². The van der Waals surface area contributed by atoms with E-state index in [9.17, 15) is 4.79 Å². The molecule has 4 heteroatoms. The molecule has 0 unspecified atom stereocenters. The Kier molecular flexibility index (Phi) is 3.61. The second-order valence-electron chi connectivity index (χ2n) is 7.63. The van der Waals surface area contributed by atoms with E-state index in [0.717, 1.165) is 39.4 Å². The highest BCUT2D eigenvalue weighted by Crippen LogP contribution is 2.37. The standard InChI is InChI=1S/C20H22N2OS/c1-20(2,3)15-11-14(23)12-18-19(15)21-16-7-6-13(10-17(16)24-18)22-8-4-5-9-22/h6-7,10-12H,4-5,8-9H2,1-3H3. The number of anilines is 1. The van der Waals surface area contributed by atoms with Crippen LogP contribution in [0.3, 0.4) is 0 Å². The Bertz CT molecular complexity index is 933. The Labute approximate surface area is 146 Å². The molecule has 4 rings (SSSR count). The molecule has 0 saturated carbocycles. The average Bonchev–Trinajstić information content (AvgIpc) is 3.05. The molecule has 1 saturated heterocycles. The smallest absolute Gasteiger partial charge is 0.180 e. The largest absolute Gasteiger partial charge is 0.371 e. The summed E-state index contributed by atoms with van der Waals surface area (Å²) in [6.07, 6.45) is 2.54. The van der Waals surface area contributed by atoms with Crippen LogP contribution in [0.5, 0.6) is 0 Å². The minimum atomic E-state index is -0.0957. The van der Waals surface area contributed by atoms with Crippen molar-refractivity contribution < 1.29 is 0 Å². The first kappa shape index (κ1) is 15.6. The van der Waals surface area contributed by atoms with Crippen LogP contribution in [0.2, 0.25) is 0 Å². The number of nitrogens with zero attached hydrogens (tertiary/aromatic N) is 2. The van der Waals surface area contributed by atoms with Gasteiger partial charge in [0.2, 0.25) is 0 Å². The van der Waals surface area contributed by atoms with Gasteiger partial charge < -0.3 is 4.90 Å². The fraction of sp³-hybridized carbons (Fsp3) is 0.400. The molecule has 0 atom stereocenters. The molecule has 3 aliphatic rings. The van der Waals surface area contributed by atoms with Crippen LogP contribution in [0.15, 0.2) is 35.1 Å². The first-order chi connectivity index (χ1) is 11.4. The predicted octanol–water partition coefficient (Wildman–Crippen LogP) is 4.66. The number of hydrogen-bond donors (Lipinski definition) is 0. The van der Waals surface area contributed by atoms with Crippen molar-refractivity contribution in [2.75, 3.05) is 18.0 Å². The highest BCUT2D eigenvalue weighted by Gasteiger charge is 2.23. The minimum absolute atomic E-state index is 0.0699. The third-order valence-corrected chi connectivity index (χ3v) is 5.80. The first-order valence-electron chi connectivity index (χ1n) is 8.56. The van der Waals surface area contributed by atoms with Crippen molar-refractivity contribution in [2.45, 2.75) is 39.0 Å². The SMILES string of the molecule is CC(C)(C)c1cc(=O)cc2sc3cc(N4CCCC4)ccc3nc1-2. The highest BCUT2D eigenvalue weighted by atomic mass is 32.1. The van der Waals surface area contributed by atoms with Gasteiger partial charge in [-0.25, -0.2) is 4.98 Å². The van der Waals surface area contributed by atoms with Crippen LogP contribution in [0.1, 0.15) is 39.2 Å². The normalized spacial score (nSPS) is 15.5. The molecule has 1 aliphatic carbocycles. The van der Waals surface area contributed by atoms with Crippen LogP contribution in [-0.4, -0.2) is 18.1 Å². The van der Waals surface area contributed by atoms with Crippen molar-refractivity contribution in [1.29, 1.82) is 0 Å². The molecule has 3 nitrogen and oxygen atoms in total. The summed E-state index contributed by atoms with van der Waals surface area (Å²) in [5.41, 5.74) is 4.26. The lowest BCUT2D eigenvalue weighted by Crippen LogP contribution is -2.18. The lowest BCUT2D eigenvalue weighted by molar-refractivity contribution is 0.590. The molecule has 0 radical (unpaired) electrons. The Morgan fingerprint density at radius 3 is 2.54 bits per heavy atom. The van der Waals surface area contributed by atoms with Crippen LogP contribution in [0, 0.1) is 0 Å². The van der Waals surface area contributed by atoms with Crippen molar-refractivity contribution in [3.05, 3.63) is 46.1 Å². The van der Waals surface area contributed by atoms with Crippen molar-refractivity contribution in [3.63, 3.8) is 0 Å². The van der Waals surface area contributed by atoms with Gasteiger partial charge in [-0.05, 0) is 48.1 Å². The van der Waals surface area contributed by atoms with Gasteiger partial charge in [-0.3, -0.25) is 4.79 Å². The zero-order valence-corrected chi connectivity index (χ0v) is 15.2. The molecule has 0 spiro atoms. The van der Waals surface area contributed by atoms with Gasteiger partial charge in [0.15, 0.2) is 5.43 Å². The quantitative estimate of drug-likeness (QED) is 0.605. The lowest BCUT2D eigenvalue weighted by Gasteiger charge is -2.23. The van der Waals surface area contributed by atoms with Crippen molar-refractivity contribution in [3.8, 4) is 10.6 Å². The summed E-state index contributed by atoms with van der Waals surface area (Å²) in [5, 5.41) is 0. The van der Waals surface area contributed by atoms with Gasteiger partial charge in [0.1, 0.15) is 0 Å². The molecule has 124 valence electrons. The van der Waals surface area contributed by atoms with E-state index in [1.165, 1.54) is 18.5 Å². The van der Waals surface area contributed by atoms with Crippen LogP contribution < -0.4 is 10.3 Å². The molecule has 1 fully saturated rings. The summed E-state index contributed by atoms with van der Waals surface area (Å²) in [6, 6.07) is 10.00. The van der Waals surface area contributed by atoms with E-state index in [1.54, 1.807) is 23.5 Å². The molecule has 2 heterocycles. The molecule has 1 aromatic carbocycles. The lowest BCUT2D eigenvalue weighted by atomic mass is 9.85. The van der Waals surface area contributed by atoms with E-state index in [0.29, 0.717) is 0 Å². The van der Waals surface area contributed by atoms with E-state index in [-0.39, 0.29) is 10.8 Å². The van der Waals surface area contributed by atoms with E-state index < -0.39 is 0 Å². The molecular formula is C20H22N2OS. The van der Waals surface area contributed by atoms with Gasteiger partial charge in [-0.15, -0.1) is 11.3 Å². The molecule has 0 bridgehead atoms. The minimum Gasteiger partial charge on any atom is -0.371 e. The van der Waals surface area contributed by atoms with E-state index in [4.69, 9.17) is 4.98 Å². The van der Waals surface area contributed by atoms with Crippen molar-refractivity contribution in [1.82, 2.24) is 4.98 Å². The Morgan fingerprint density at radius 2 is 1.83 bits per heavy atom. The number of hydrogen-bond acceptors (Lipinski definition) is 4. The van der Waals surface area contributed by atoms with Crippen LogP contribution >= 0.6 is 11.3 Å². The van der Waals surface area contributed by atoms with E-state index in [1.807, 2.05) is 0 Å². The summed E-state index contributed by atoms with van der Waals surface area (Å²) in [4.78, 5) is 20.5. The summed E-state index contributed by atoms with van der Waals surface area (Å²) in [6.45, 7) is 8.67. The van der Waals surface area contributed by atoms with Gasteiger partial charge in [-0.1, -0.05) is 20.8 Å². The summed E-state index contributed by atoms with van der Waals surface area (Å²) in [7, 11) is 0. The zero-order chi connectivity index (χ0) is 16.9. The van der Waals surface area contributed by atoms with Gasteiger partial charge in [0, 0.05) is 24.8 Å².